The van der Waals surface area contributed by atoms with Crippen LogP contribution in [-0.4, -0.2) is 31.1 Å². The third-order valence-corrected chi connectivity index (χ3v) is 5.34. The molecule has 1 fully saturated rings. The molecule has 0 radical (unpaired) electrons. The predicted molar refractivity (Wildman–Crippen MR) is 102 cm³/mol. The van der Waals surface area contributed by atoms with Gasteiger partial charge in [-0.25, -0.2) is 9.37 Å². The molecule has 0 bridgehead atoms. The van der Waals surface area contributed by atoms with Gasteiger partial charge >= 0.3 is 0 Å². The van der Waals surface area contributed by atoms with Gasteiger partial charge in [-0.3, -0.25) is 4.99 Å². The van der Waals surface area contributed by atoms with E-state index in [2.05, 4.69) is 27.5 Å². The summed E-state index contributed by atoms with van der Waals surface area (Å²) in [6.07, 6.45) is 7.53. The van der Waals surface area contributed by atoms with E-state index in [0.717, 1.165) is 30.2 Å². The molecule has 1 aromatic carbocycles. The van der Waals surface area contributed by atoms with Gasteiger partial charge in [0.15, 0.2) is 5.96 Å². The maximum Gasteiger partial charge on any atom is 0.226 e. The van der Waals surface area contributed by atoms with Gasteiger partial charge in [0, 0.05) is 32.1 Å². The van der Waals surface area contributed by atoms with E-state index in [1.807, 2.05) is 0 Å². The van der Waals surface area contributed by atoms with Gasteiger partial charge in [0.05, 0.1) is 5.69 Å². The largest absolute Gasteiger partial charge is 0.444 e. The van der Waals surface area contributed by atoms with Crippen LogP contribution in [0.15, 0.2) is 39.9 Å². The van der Waals surface area contributed by atoms with E-state index >= 15 is 0 Å². The summed E-state index contributed by atoms with van der Waals surface area (Å²) >= 11 is 0. The second-order valence-corrected chi connectivity index (χ2v) is 6.96. The van der Waals surface area contributed by atoms with Crippen LogP contribution in [-0.2, 0) is 6.42 Å². The second-order valence-electron chi connectivity index (χ2n) is 6.96. The molecule has 140 valence electrons. The summed E-state index contributed by atoms with van der Waals surface area (Å²) in [5, 5.41) is 6.77. The van der Waals surface area contributed by atoms with Crippen molar-refractivity contribution < 1.29 is 8.81 Å². The number of oxazole rings is 1. The van der Waals surface area contributed by atoms with Crippen LogP contribution in [0, 0.1) is 11.2 Å². The summed E-state index contributed by atoms with van der Waals surface area (Å²) < 4.78 is 18.5. The maximum atomic E-state index is 13.0. The van der Waals surface area contributed by atoms with Crippen molar-refractivity contribution in [2.24, 2.45) is 10.4 Å². The van der Waals surface area contributed by atoms with E-state index in [0.29, 0.717) is 17.9 Å². The zero-order chi connectivity index (χ0) is 18.4. The molecule has 1 aliphatic rings. The summed E-state index contributed by atoms with van der Waals surface area (Å²) in [4.78, 5) is 8.76. The number of nitrogens with one attached hydrogen (secondary N) is 2. The Morgan fingerprint density at radius 2 is 2.04 bits per heavy atom. The normalized spacial score (nSPS) is 16.2. The van der Waals surface area contributed by atoms with Gasteiger partial charge in [0.25, 0.3) is 0 Å². The number of guanidine groups is 1. The Bertz CT molecular complexity index is 729. The standard InChI is InChI=1S/C20H27FN4O/c1-3-20(10-4-11-20)14-24-19(22-2)23-12-9-17-13-26-18(25-17)15-5-7-16(21)8-6-15/h5-8,13H,3-4,9-12,14H2,1-2H3,(H2,22,23,24). The van der Waals surface area contributed by atoms with Crippen molar-refractivity contribution in [1.29, 1.82) is 0 Å². The van der Waals surface area contributed by atoms with Gasteiger partial charge in [-0.15, -0.1) is 0 Å². The molecule has 0 spiro atoms. The Labute approximate surface area is 154 Å². The predicted octanol–water partition coefficient (Wildman–Crippen LogP) is 3.77. The minimum absolute atomic E-state index is 0.268. The quantitative estimate of drug-likeness (QED) is 0.584. The molecule has 0 saturated heterocycles. The topological polar surface area (TPSA) is 62.5 Å². The van der Waals surface area contributed by atoms with Crippen LogP contribution in [0.3, 0.4) is 0 Å². The first-order valence-electron chi connectivity index (χ1n) is 9.29. The first kappa shape index (κ1) is 18.4. The van der Waals surface area contributed by atoms with Gasteiger partial charge in [-0.2, -0.15) is 0 Å². The first-order chi connectivity index (χ1) is 12.6. The zero-order valence-electron chi connectivity index (χ0n) is 15.5. The minimum Gasteiger partial charge on any atom is -0.444 e. The molecular formula is C20H27FN4O. The molecule has 3 rings (SSSR count). The summed E-state index contributed by atoms with van der Waals surface area (Å²) in [7, 11) is 1.79. The number of hydrogen-bond acceptors (Lipinski definition) is 3. The third kappa shape index (κ3) is 4.42. The number of hydrogen-bond donors (Lipinski definition) is 2. The lowest BCUT2D eigenvalue weighted by atomic mass is 9.67. The van der Waals surface area contributed by atoms with Crippen LogP contribution in [0.4, 0.5) is 4.39 Å². The van der Waals surface area contributed by atoms with Gasteiger partial charge in [0.2, 0.25) is 5.89 Å². The Hall–Kier alpha value is -2.37. The Morgan fingerprint density at radius 1 is 1.27 bits per heavy atom. The van der Waals surface area contributed by atoms with E-state index in [1.165, 1.54) is 37.8 Å². The van der Waals surface area contributed by atoms with Gasteiger partial charge in [-0.1, -0.05) is 13.3 Å². The van der Waals surface area contributed by atoms with Crippen molar-refractivity contribution in [2.45, 2.75) is 39.0 Å². The summed E-state index contributed by atoms with van der Waals surface area (Å²) in [5.41, 5.74) is 2.08. The maximum absolute atomic E-state index is 13.0. The molecule has 0 amide bonds. The molecule has 2 aromatic rings. The first-order valence-corrected chi connectivity index (χ1v) is 9.29. The summed E-state index contributed by atoms with van der Waals surface area (Å²) in [6.45, 7) is 3.95. The van der Waals surface area contributed by atoms with Crippen LogP contribution in [0.2, 0.25) is 0 Å². The molecule has 6 heteroatoms. The molecule has 2 N–H and O–H groups in total. The highest BCUT2D eigenvalue weighted by molar-refractivity contribution is 5.79. The number of benzene rings is 1. The summed E-state index contributed by atoms with van der Waals surface area (Å²) in [5.74, 6) is 1.07. The van der Waals surface area contributed by atoms with Crippen LogP contribution in [0.25, 0.3) is 11.5 Å². The van der Waals surface area contributed by atoms with Crippen LogP contribution in [0.1, 0.15) is 38.3 Å². The third-order valence-electron chi connectivity index (χ3n) is 5.34. The van der Waals surface area contributed by atoms with E-state index in [1.54, 1.807) is 25.4 Å². The lowest BCUT2D eigenvalue weighted by Gasteiger charge is -2.41. The second kappa shape index (κ2) is 8.34. The van der Waals surface area contributed by atoms with Crippen molar-refractivity contribution in [2.75, 3.05) is 20.1 Å². The molecule has 5 nitrogen and oxygen atoms in total. The Balaban J connectivity index is 1.46. The van der Waals surface area contributed by atoms with E-state index in [-0.39, 0.29) is 5.82 Å². The molecule has 26 heavy (non-hydrogen) atoms. The highest BCUT2D eigenvalue weighted by Crippen LogP contribution is 2.42. The zero-order valence-corrected chi connectivity index (χ0v) is 15.5. The lowest BCUT2D eigenvalue weighted by molar-refractivity contribution is 0.131. The van der Waals surface area contributed by atoms with Crippen LogP contribution >= 0.6 is 0 Å². The van der Waals surface area contributed by atoms with Gasteiger partial charge < -0.3 is 15.1 Å². The van der Waals surface area contributed by atoms with Crippen molar-refractivity contribution >= 4 is 5.96 Å². The number of halogens is 1. The molecule has 1 saturated carbocycles. The molecule has 1 heterocycles. The van der Waals surface area contributed by atoms with Crippen molar-refractivity contribution in [1.82, 2.24) is 15.6 Å². The fraction of sp³-hybridized carbons (Fsp3) is 0.500. The molecular weight excluding hydrogens is 331 g/mol. The number of rotatable bonds is 7. The summed E-state index contributed by atoms with van der Waals surface area (Å²) in [6, 6.07) is 6.14. The van der Waals surface area contributed by atoms with E-state index < -0.39 is 0 Å². The SMILES string of the molecule is CCC1(CNC(=NC)NCCc2coc(-c3ccc(F)cc3)n2)CCC1. The van der Waals surface area contributed by atoms with E-state index in [9.17, 15) is 4.39 Å². The van der Waals surface area contributed by atoms with Gasteiger partial charge in [0.1, 0.15) is 12.1 Å². The van der Waals surface area contributed by atoms with E-state index in [4.69, 9.17) is 4.42 Å². The Morgan fingerprint density at radius 3 is 2.65 bits per heavy atom. The monoisotopic (exact) mass is 358 g/mol. The highest BCUT2D eigenvalue weighted by atomic mass is 19.1. The fourth-order valence-corrected chi connectivity index (χ4v) is 3.28. The highest BCUT2D eigenvalue weighted by Gasteiger charge is 2.34. The molecule has 0 atom stereocenters. The molecule has 1 aromatic heterocycles. The van der Waals surface area contributed by atoms with Gasteiger partial charge in [-0.05, 0) is 48.9 Å². The van der Waals surface area contributed by atoms with Crippen molar-refractivity contribution in [3.8, 4) is 11.5 Å². The average Bonchev–Trinajstić information content (AvgIpc) is 3.09. The number of aromatic nitrogens is 1. The molecule has 0 unspecified atom stereocenters. The lowest BCUT2D eigenvalue weighted by Crippen LogP contribution is -2.46. The molecule has 0 aliphatic heterocycles. The minimum atomic E-state index is -0.268. The average molecular weight is 358 g/mol. The number of nitrogens with zero attached hydrogens (tertiary/aromatic N) is 2. The fourth-order valence-electron chi connectivity index (χ4n) is 3.28. The Kier molecular flexibility index (Phi) is 5.91. The number of aliphatic imine (C=N–C) groups is 1. The van der Waals surface area contributed by atoms with Crippen molar-refractivity contribution in [3.63, 3.8) is 0 Å². The van der Waals surface area contributed by atoms with Crippen LogP contribution < -0.4 is 10.6 Å². The smallest absolute Gasteiger partial charge is 0.226 e. The molecule has 1 aliphatic carbocycles. The van der Waals surface area contributed by atoms with Crippen molar-refractivity contribution in [3.05, 3.63) is 42.0 Å². The van der Waals surface area contributed by atoms with Crippen LogP contribution in [0.5, 0.6) is 0 Å².